The highest BCUT2D eigenvalue weighted by Gasteiger charge is 2.29. The standard InChI is InChI=1S/C21H28N2O5S/c1-16(2)12-13-22-21(24)15-23(29(25,26)18-8-6-5-7-9-18)19-11-10-17(27-3)14-20(19)28-4/h5-11,14,16H,12-13,15H2,1-4H3,(H,22,24). The van der Waals surface area contributed by atoms with Crippen molar-refractivity contribution in [1.82, 2.24) is 5.32 Å². The number of nitrogens with zero attached hydrogens (tertiary/aromatic N) is 1. The highest BCUT2D eigenvalue weighted by molar-refractivity contribution is 7.92. The largest absolute Gasteiger partial charge is 0.497 e. The number of amides is 1. The summed E-state index contributed by atoms with van der Waals surface area (Å²) in [4.78, 5) is 12.6. The number of nitrogens with one attached hydrogen (secondary N) is 1. The number of hydrogen-bond donors (Lipinski definition) is 1. The monoisotopic (exact) mass is 420 g/mol. The number of ether oxygens (including phenoxy) is 2. The van der Waals surface area contributed by atoms with Gasteiger partial charge in [-0.3, -0.25) is 9.10 Å². The average Bonchev–Trinajstić information content (AvgIpc) is 2.71. The van der Waals surface area contributed by atoms with E-state index in [1.165, 1.54) is 26.4 Å². The lowest BCUT2D eigenvalue weighted by molar-refractivity contribution is -0.119. The Hall–Kier alpha value is -2.74. The quantitative estimate of drug-likeness (QED) is 0.639. The molecule has 0 aliphatic rings. The van der Waals surface area contributed by atoms with E-state index in [1.54, 1.807) is 36.4 Å². The van der Waals surface area contributed by atoms with Crippen molar-refractivity contribution in [2.75, 3.05) is 31.6 Å². The summed E-state index contributed by atoms with van der Waals surface area (Å²) in [5.41, 5.74) is 0.260. The molecule has 0 heterocycles. The normalized spacial score (nSPS) is 11.2. The Morgan fingerprint density at radius 3 is 2.34 bits per heavy atom. The van der Waals surface area contributed by atoms with Crippen LogP contribution in [-0.4, -0.2) is 41.6 Å². The SMILES string of the molecule is COc1ccc(N(CC(=O)NCCC(C)C)S(=O)(=O)c2ccccc2)c(OC)c1. The molecule has 2 rings (SSSR count). The van der Waals surface area contributed by atoms with E-state index in [0.717, 1.165) is 10.7 Å². The molecular formula is C21H28N2O5S. The number of benzene rings is 2. The predicted molar refractivity (Wildman–Crippen MR) is 113 cm³/mol. The molecule has 0 unspecified atom stereocenters. The molecule has 8 heteroatoms. The van der Waals surface area contributed by atoms with Crippen molar-refractivity contribution in [2.45, 2.75) is 25.2 Å². The maximum atomic E-state index is 13.3. The molecule has 0 spiro atoms. The van der Waals surface area contributed by atoms with Gasteiger partial charge >= 0.3 is 0 Å². The Morgan fingerprint density at radius 2 is 1.76 bits per heavy atom. The maximum absolute atomic E-state index is 13.3. The summed E-state index contributed by atoms with van der Waals surface area (Å²) in [6, 6.07) is 12.8. The number of rotatable bonds is 10. The smallest absolute Gasteiger partial charge is 0.264 e. The molecule has 29 heavy (non-hydrogen) atoms. The van der Waals surface area contributed by atoms with Crippen molar-refractivity contribution >= 4 is 21.6 Å². The topological polar surface area (TPSA) is 84.9 Å². The summed E-state index contributed by atoms with van der Waals surface area (Å²) in [7, 11) is -1.04. The van der Waals surface area contributed by atoms with Crippen molar-refractivity contribution in [1.29, 1.82) is 0 Å². The van der Waals surface area contributed by atoms with E-state index >= 15 is 0 Å². The molecule has 2 aromatic rings. The van der Waals surface area contributed by atoms with Crippen molar-refractivity contribution in [3.05, 3.63) is 48.5 Å². The summed E-state index contributed by atoms with van der Waals surface area (Å²) in [5, 5.41) is 2.79. The zero-order chi connectivity index (χ0) is 21.4. The number of sulfonamides is 1. The zero-order valence-electron chi connectivity index (χ0n) is 17.2. The van der Waals surface area contributed by atoms with Crippen LogP contribution in [0.2, 0.25) is 0 Å². The van der Waals surface area contributed by atoms with Crippen LogP contribution >= 0.6 is 0 Å². The zero-order valence-corrected chi connectivity index (χ0v) is 18.0. The van der Waals surface area contributed by atoms with Crippen LogP contribution in [0.15, 0.2) is 53.4 Å². The van der Waals surface area contributed by atoms with Crippen LogP contribution in [0.25, 0.3) is 0 Å². The molecule has 0 aliphatic heterocycles. The molecule has 7 nitrogen and oxygen atoms in total. The van der Waals surface area contributed by atoms with Gasteiger partial charge in [-0.2, -0.15) is 0 Å². The van der Waals surface area contributed by atoms with Gasteiger partial charge < -0.3 is 14.8 Å². The number of hydrogen-bond acceptors (Lipinski definition) is 5. The van der Waals surface area contributed by atoms with Crippen LogP contribution in [0.4, 0.5) is 5.69 Å². The number of methoxy groups -OCH3 is 2. The molecule has 0 radical (unpaired) electrons. The fourth-order valence-corrected chi connectivity index (χ4v) is 4.15. The van der Waals surface area contributed by atoms with E-state index in [1.807, 2.05) is 0 Å². The molecule has 0 saturated carbocycles. The fourth-order valence-electron chi connectivity index (χ4n) is 2.70. The van der Waals surface area contributed by atoms with E-state index in [2.05, 4.69) is 19.2 Å². The molecule has 0 aliphatic carbocycles. The van der Waals surface area contributed by atoms with Gasteiger partial charge in [0.2, 0.25) is 5.91 Å². The summed E-state index contributed by atoms with van der Waals surface area (Å²) >= 11 is 0. The summed E-state index contributed by atoms with van der Waals surface area (Å²) in [6.07, 6.45) is 0.809. The van der Waals surface area contributed by atoms with Crippen LogP contribution < -0.4 is 19.1 Å². The predicted octanol–water partition coefficient (Wildman–Crippen LogP) is 3.06. The lowest BCUT2D eigenvalue weighted by Crippen LogP contribution is -2.41. The lowest BCUT2D eigenvalue weighted by Gasteiger charge is -2.26. The van der Waals surface area contributed by atoms with Gasteiger partial charge in [0.05, 0.1) is 24.8 Å². The highest BCUT2D eigenvalue weighted by atomic mass is 32.2. The van der Waals surface area contributed by atoms with Crippen molar-refractivity contribution in [3.63, 3.8) is 0 Å². The van der Waals surface area contributed by atoms with Crippen LogP contribution in [-0.2, 0) is 14.8 Å². The molecule has 2 aromatic carbocycles. The molecule has 0 fully saturated rings. The van der Waals surface area contributed by atoms with Gasteiger partial charge in [-0.15, -0.1) is 0 Å². The first kappa shape index (κ1) is 22.5. The first-order valence-corrected chi connectivity index (χ1v) is 10.8. The minimum atomic E-state index is -3.99. The fraction of sp³-hybridized carbons (Fsp3) is 0.381. The summed E-state index contributed by atoms with van der Waals surface area (Å²) < 4.78 is 38.3. The minimum absolute atomic E-state index is 0.0906. The summed E-state index contributed by atoms with van der Waals surface area (Å²) in [6.45, 7) is 4.23. The lowest BCUT2D eigenvalue weighted by atomic mass is 10.1. The van der Waals surface area contributed by atoms with E-state index in [0.29, 0.717) is 24.0 Å². The van der Waals surface area contributed by atoms with Crippen molar-refractivity contribution in [3.8, 4) is 11.5 Å². The highest BCUT2D eigenvalue weighted by Crippen LogP contribution is 2.35. The number of carbonyl (C=O) groups is 1. The van der Waals surface area contributed by atoms with E-state index in [4.69, 9.17) is 9.47 Å². The van der Waals surface area contributed by atoms with Crippen LogP contribution in [0.3, 0.4) is 0 Å². The molecule has 0 saturated heterocycles. The second-order valence-electron chi connectivity index (χ2n) is 6.89. The Morgan fingerprint density at radius 1 is 1.07 bits per heavy atom. The number of anilines is 1. The second kappa shape index (κ2) is 10.2. The van der Waals surface area contributed by atoms with Gasteiger partial charge in [0.15, 0.2) is 0 Å². The Kier molecular flexibility index (Phi) is 7.90. The minimum Gasteiger partial charge on any atom is -0.497 e. The van der Waals surface area contributed by atoms with Gasteiger partial charge in [0.25, 0.3) is 10.0 Å². The van der Waals surface area contributed by atoms with Crippen molar-refractivity contribution in [2.24, 2.45) is 5.92 Å². The second-order valence-corrected chi connectivity index (χ2v) is 8.76. The first-order chi connectivity index (χ1) is 13.8. The van der Waals surface area contributed by atoms with Gasteiger partial charge in [0.1, 0.15) is 18.0 Å². The van der Waals surface area contributed by atoms with E-state index in [9.17, 15) is 13.2 Å². The maximum Gasteiger partial charge on any atom is 0.264 e. The third-order valence-electron chi connectivity index (χ3n) is 4.32. The van der Waals surface area contributed by atoms with E-state index in [-0.39, 0.29) is 23.0 Å². The molecule has 0 bridgehead atoms. The molecule has 0 aromatic heterocycles. The molecule has 1 amide bonds. The molecule has 158 valence electrons. The summed E-state index contributed by atoms with van der Waals surface area (Å²) in [5.74, 6) is 0.854. The molecule has 0 atom stereocenters. The third kappa shape index (κ3) is 5.87. The Balaban J connectivity index is 2.43. The molecular weight excluding hydrogens is 392 g/mol. The van der Waals surface area contributed by atoms with Gasteiger partial charge in [0, 0.05) is 12.6 Å². The Labute approximate surface area is 172 Å². The van der Waals surface area contributed by atoms with Crippen LogP contribution in [0.5, 0.6) is 11.5 Å². The van der Waals surface area contributed by atoms with Gasteiger partial charge in [-0.1, -0.05) is 32.0 Å². The van der Waals surface area contributed by atoms with E-state index < -0.39 is 10.0 Å². The van der Waals surface area contributed by atoms with Gasteiger partial charge in [-0.05, 0) is 36.6 Å². The van der Waals surface area contributed by atoms with Crippen LogP contribution in [0, 0.1) is 5.92 Å². The number of carbonyl (C=O) groups excluding carboxylic acids is 1. The van der Waals surface area contributed by atoms with Crippen molar-refractivity contribution < 1.29 is 22.7 Å². The average molecular weight is 421 g/mol. The third-order valence-corrected chi connectivity index (χ3v) is 6.09. The van der Waals surface area contributed by atoms with Gasteiger partial charge in [-0.25, -0.2) is 8.42 Å². The first-order valence-electron chi connectivity index (χ1n) is 9.36. The van der Waals surface area contributed by atoms with Crippen LogP contribution in [0.1, 0.15) is 20.3 Å². The Bertz CT molecular complexity index is 914. The molecule has 1 N–H and O–H groups in total.